The number of carbonyl (C=O) groups excluding carboxylic acids is 2. The minimum Gasteiger partial charge on any atom is -0.481 e. The number of anilines is 1. The average Bonchev–Trinajstić information content (AvgIpc) is 2.88. The summed E-state index contributed by atoms with van der Waals surface area (Å²) in [5.74, 6) is -5.53. The maximum absolute atomic E-state index is 13.8. The number of allylic oxidation sites excluding steroid dienone is 2. The maximum atomic E-state index is 13.8. The van der Waals surface area contributed by atoms with Crippen molar-refractivity contribution in [3.05, 3.63) is 76.5 Å². The highest BCUT2D eigenvalue weighted by Crippen LogP contribution is 2.43. The molecule has 0 aliphatic carbocycles. The van der Waals surface area contributed by atoms with Crippen LogP contribution >= 0.6 is 0 Å². The smallest absolute Gasteiger partial charge is 0.416 e. The van der Waals surface area contributed by atoms with Gasteiger partial charge in [-0.3, -0.25) is 19.3 Å². The van der Waals surface area contributed by atoms with Crippen molar-refractivity contribution in [2.75, 3.05) is 4.90 Å². The monoisotopic (exact) mass is 523 g/mol. The fourth-order valence-corrected chi connectivity index (χ4v) is 4.56. The number of nitrogens with zero attached hydrogens (tertiary/aromatic N) is 3. The van der Waals surface area contributed by atoms with Crippen LogP contribution < -0.4 is 4.90 Å². The van der Waals surface area contributed by atoms with E-state index in [0.717, 1.165) is 23.1 Å². The summed E-state index contributed by atoms with van der Waals surface area (Å²) in [5.41, 5.74) is -0.251. The van der Waals surface area contributed by atoms with Gasteiger partial charge in [0.2, 0.25) is 5.91 Å². The summed E-state index contributed by atoms with van der Waals surface area (Å²) in [6.07, 6.45) is -4.48. The quantitative estimate of drug-likeness (QED) is 0.451. The first-order valence-corrected chi connectivity index (χ1v) is 11.8. The van der Waals surface area contributed by atoms with Crippen molar-refractivity contribution in [2.24, 2.45) is 11.8 Å². The van der Waals surface area contributed by atoms with E-state index in [1.807, 2.05) is 12.1 Å². The molecule has 0 aromatic heterocycles. The van der Waals surface area contributed by atoms with Crippen molar-refractivity contribution in [1.29, 1.82) is 10.5 Å². The predicted molar refractivity (Wildman–Crippen MR) is 130 cm³/mol. The normalized spacial score (nSPS) is 18.5. The van der Waals surface area contributed by atoms with Crippen molar-refractivity contribution >= 4 is 23.3 Å². The Balaban J connectivity index is 2.12. The third-order valence-electron chi connectivity index (χ3n) is 6.64. The molecule has 1 aliphatic rings. The van der Waals surface area contributed by atoms with Crippen LogP contribution in [0.15, 0.2) is 59.8 Å². The van der Waals surface area contributed by atoms with Crippen LogP contribution in [0.5, 0.6) is 0 Å². The van der Waals surface area contributed by atoms with Gasteiger partial charge in [0.1, 0.15) is 11.7 Å². The SMILES string of the molecule is CC1=C(C#N)C(c2ccc(C#N)cc2)C(C(=O)CCC[C@@H](C)C(=O)O)C(=O)N1c1cccc(C(F)(F)F)c1. The summed E-state index contributed by atoms with van der Waals surface area (Å²) in [6.45, 7) is 2.93. The lowest BCUT2D eigenvalue weighted by Gasteiger charge is -2.38. The van der Waals surface area contributed by atoms with E-state index in [1.165, 1.54) is 44.2 Å². The molecule has 0 saturated heterocycles. The topological polar surface area (TPSA) is 122 Å². The number of nitriles is 2. The van der Waals surface area contributed by atoms with Gasteiger partial charge in [0.05, 0.1) is 34.8 Å². The second-order valence-corrected chi connectivity index (χ2v) is 9.12. The summed E-state index contributed by atoms with van der Waals surface area (Å²) in [7, 11) is 0. The average molecular weight is 524 g/mol. The van der Waals surface area contributed by atoms with E-state index in [4.69, 9.17) is 10.4 Å². The van der Waals surface area contributed by atoms with E-state index in [2.05, 4.69) is 0 Å². The minimum atomic E-state index is -4.68. The fourth-order valence-electron chi connectivity index (χ4n) is 4.56. The molecule has 10 heteroatoms. The lowest BCUT2D eigenvalue weighted by molar-refractivity contribution is -0.142. The second-order valence-electron chi connectivity index (χ2n) is 9.12. The molecule has 0 saturated carbocycles. The molecule has 1 aliphatic heterocycles. The molecule has 3 atom stereocenters. The van der Waals surface area contributed by atoms with Gasteiger partial charge in [0.25, 0.3) is 0 Å². The number of Topliss-reactive ketones (excluding diaryl/α,β-unsaturated/α-hetero) is 1. The van der Waals surface area contributed by atoms with E-state index < -0.39 is 47.2 Å². The lowest BCUT2D eigenvalue weighted by atomic mass is 9.73. The van der Waals surface area contributed by atoms with Gasteiger partial charge in [-0.05, 0) is 55.7 Å². The first-order chi connectivity index (χ1) is 17.9. The van der Waals surface area contributed by atoms with E-state index in [1.54, 1.807) is 0 Å². The summed E-state index contributed by atoms with van der Waals surface area (Å²) in [5, 5.41) is 28.3. The van der Waals surface area contributed by atoms with Crippen LogP contribution in [-0.2, 0) is 20.6 Å². The second kappa shape index (κ2) is 11.3. The highest BCUT2D eigenvalue weighted by molar-refractivity contribution is 6.12. The Bertz CT molecular complexity index is 1370. The van der Waals surface area contributed by atoms with Crippen LogP contribution in [0.4, 0.5) is 18.9 Å². The number of carboxylic acids is 1. The first-order valence-electron chi connectivity index (χ1n) is 11.8. The largest absolute Gasteiger partial charge is 0.481 e. The van der Waals surface area contributed by atoms with E-state index >= 15 is 0 Å². The van der Waals surface area contributed by atoms with Crippen LogP contribution in [0.3, 0.4) is 0 Å². The first kappa shape index (κ1) is 28.1. The fraction of sp³-hybridized carbons (Fsp3) is 0.321. The number of alkyl halides is 3. The summed E-state index contributed by atoms with van der Waals surface area (Å²) in [4.78, 5) is 39.4. The van der Waals surface area contributed by atoms with E-state index in [0.29, 0.717) is 11.1 Å². The van der Waals surface area contributed by atoms with Gasteiger partial charge in [-0.15, -0.1) is 0 Å². The highest BCUT2D eigenvalue weighted by Gasteiger charge is 2.46. The molecule has 3 rings (SSSR count). The molecule has 2 aromatic carbocycles. The summed E-state index contributed by atoms with van der Waals surface area (Å²) < 4.78 is 40.2. The van der Waals surface area contributed by atoms with Crippen molar-refractivity contribution in [2.45, 2.75) is 45.2 Å². The molecule has 2 unspecified atom stereocenters. The van der Waals surface area contributed by atoms with Gasteiger partial charge in [-0.2, -0.15) is 23.7 Å². The predicted octanol–water partition coefficient (Wildman–Crippen LogP) is 5.58. The third-order valence-corrected chi connectivity index (χ3v) is 6.64. The standard InChI is InChI=1S/C28H24F3N3O4/c1-16(27(37)38)5-3-8-23(35)25-24(19-11-9-18(14-32)10-12-19)22(15-33)17(2)34(26(25)36)21-7-4-6-20(13-21)28(29,30)31/h4,6-7,9-13,16,24-25H,3,5,8H2,1-2H3,(H,37,38)/t16-,24?,25?/m1/s1. The van der Waals surface area contributed by atoms with Crippen molar-refractivity contribution in [3.8, 4) is 12.1 Å². The van der Waals surface area contributed by atoms with Gasteiger partial charge < -0.3 is 5.11 Å². The Hall–Kier alpha value is -4.44. The molecule has 0 radical (unpaired) electrons. The number of hydrogen-bond acceptors (Lipinski definition) is 5. The Kier molecular flexibility index (Phi) is 8.37. The molecule has 7 nitrogen and oxygen atoms in total. The third kappa shape index (κ3) is 5.76. The van der Waals surface area contributed by atoms with Gasteiger partial charge in [-0.25, -0.2) is 0 Å². The Labute approximate surface area is 217 Å². The number of halogens is 3. The zero-order valence-corrected chi connectivity index (χ0v) is 20.6. The number of carboxylic acid groups (broad SMARTS) is 1. The molecule has 0 bridgehead atoms. The number of benzene rings is 2. The van der Waals surface area contributed by atoms with E-state index in [-0.39, 0.29) is 36.2 Å². The van der Waals surface area contributed by atoms with Crippen molar-refractivity contribution in [3.63, 3.8) is 0 Å². The number of amides is 1. The molecular formula is C28H24F3N3O4. The number of hydrogen-bond donors (Lipinski definition) is 1. The Morgan fingerprint density at radius 3 is 2.32 bits per heavy atom. The van der Waals surface area contributed by atoms with Crippen molar-refractivity contribution in [1.82, 2.24) is 0 Å². The number of carbonyl (C=O) groups is 3. The van der Waals surface area contributed by atoms with Crippen molar-refractivity contribution < 1.29 is 32.7 Å². The van der Waals surface area contributed by atoms with Gasteiger partial charge in [0.15, 0.2) is 0 Å². The Morgan fingerprint density at radius 2 is 1.76 bits per heavy atom. The highest BCUT2D eigenvalue weighted by atomic mass is 19.4. The zero-order chi connectivity index (χ0) is 28.2. The zero-order valence-electron chi connectivity index (χ0n) is 20.6. The van der Waals surface area contributed by atoms with Crippen LogP contribution in [0, 0.1) is 34.5 Å². The molecule has 1 heterocycles. The molecule has 38 heavy (non-hydrogen) atoms. The van der Waals surface area contributed by atoms with Crippen LogP contribution in [0.2, 0.25) is 0 Å². The van der Waals surface area contributed by atoms with Gasteiger partial charge in [0, 0.05) is 23.7 Å². The maximum Gasteiger partial charge on any atom is 0.416 e. The van der Waals surface area contributed by atoms with E-state index in [9.17, 15) is 32.8 Å². The van der Waals surface area contributed by atoms with Crippen LogP contribution in [0.25, 0.3) is 0 Å². The lowest BCUT2D eigenvalue weighted by Crippen LogP contribution is -2.46. The molecule has 196 valence electrons. The van der Waals surface area contributed by atoms with Gasteiger partial charge in [-0.1, -0.05) is 25.1 Å². The van der Waals surface area contributed by atoms with Crippen LogP contribution in [0.1, 0.15) is 55.7 Å². The summed E-state index contributed by atoms with van der Waals surface area (Å²) >= 11 is 0. The Morgan fingerprint density at radius 1 is 1.11 bits per heavy atom. The molecule has 1 N–H and O–H groups in total. The molecule has 1 amide bonds. The number of rotatable bonds is 8. The minimum absolute atomic E-state index is 0.0315. The molecule has 0 fully saturated rings. The van der Waals surface area contributed by atoms with Crippen LogP contribution in [-0.4, -0.2) is 22.8 Å². The molecule has 2 aromatic rings. The number of aliphatic carboxylic acids is 1. The molecular weight excluding hydrogens is 499 g/mol. The van der Waals surface area contributed by atoms with Gasteiger partial charge >= 0.3 is 12.1 Å². The molecule has 0 spiro atoms. The number of ketones is 1. The summed E-state index contributed by atoms with van der Waals surface area (Å²) in [6, 6.07) is 14.1.